The zero-order valence-electron chi connectivity index (χ0n) is 26.2. The molecule has 0 unspecified atom stereocenters. The number of hydrogen-bond donors (Lipinski definition) is 2. The van der Waals surface area contributed by atoms with Gasteiger partial charge in [0.2, 0.25) is 0 Å². The van der Waals surface area contributed by atoms with Crippen molar-refractivity contribution in [3.8, 4) is 5.75 Å². The number of nitrogens with one attached hydrogen (secondary N) is 1. The minimum absolute atomic E-state index is 0.233. The molecule has 0 bridgehead atoms. The number of phosphoric ester groups is 1. The molecule has 244 valence electrons. The van der Waals surface area contributed by atoms with E-state index in [1.165, 1.54) is 9.58 Å². The smallest absolute Gasteiger partial charge is 0.477 e. The Morgan fingerprint density at radius 3 is 2.44 bits per heavy atom. The van der Waals surface area contributed by atoms with E-state index in [4.69, 9.17) is 18.3 Å². The molecule has 2 N–H and O–H groups in total. The average Bonchev–Trinajstić information content (AvgIpc) is 3.34. The lowest BCUT2D eigenvalue weighted by molar-refractivity contribution is -0.0209. The fraction of sp³-hybridized carbons (Fsp3) is 0.533. The van der Waals surface area contributed by atoms with Crippen LogP contribution >= 0.6 is 23.8 Å². The Bertz CT molecular complexity index is 1620. The van der Waals surface area contributed by atoms with Crippen LogP contribution in [0.3, 0.4) is 0 Å². The lowest BCUT2D eigenvalue weighted by atomic mass is 9.81. The molecular weight excluding hydrogens is 669 g/mol. The zero-order chi connectivity index (χ0) is 32.8. The number of phosphoric acid groups is 1. The Hall–Kier alpha value is -3.03. The van der Waals surface area contributed by atoms with Crippen LogP contribution in [0.25, 0.3) is 10.9 Å². The first-order valence-electron chi connectivity index (χ1n) is 14.7. The van der Waals surface area contributed by atoms with Gasteiger partial charge >= 0.3 is 13.9 Å². The van der Waals surface area contributed by atoms with Crippen molar-refractivity contribution in [2.75, 3.05) is 13.1 Å². The highest BCUT2D eigenvalue weighted by atomic mass is 79.9. The third kappa shape index (κ3) is 8.04. The number of amides is 2. The second kappa shape index (κ2) is 12.3. The summed E-state index contributed by atoms with van der Waals surface area (Å²) in [7, 11) is -3.98. The molecule has 15 heteroatoms. The summed E-state index contributed by atoms with van der Waals surface area (Å²) in [5.41, 5.74) is -0.662. The summed E-state index contributed by atoms with van der Waals surface area (Å²) < 4.78 is 39.1. The molecule has 45 heavy (non-hydrogen) atoms. The minimum atomic E-state index is -3.98. The summed E-state index contributed by atoms with van der Waals surface area (Å²) in [5.74, 6) is 0.214. The molecule has 0 saturated carbocycles. The average molecular weight is 709 g/mol. The van der Waals surface area contributed by atoms with Crippen molar-refractivity contribution in [1.29, 1.82) is 0 Å². The molecule has 4 heterocycles. The topological polar surface area (TPSA) is 154 Å². The number of carbonyl (C=O) groups is 2. The third-order valence-electron chi connectivity index (χ3n) is 7.34. The van der Waals surface area contributed by atoms with Crippen molar-refractivity contribution in [2.45, 2.75) is 90.4 Å². The van der Waals surface area contributed by atoms with Crippen LogP contribution in [0.1, 0.15) is 82.8 Å². The number of carboxylic acid groups (broad SMARTS) is 1. The number of pyridine rings is 1. The van der Waals surface area contributed by atoms with Crippen molar-refractivity contribution in [2.24, 2.45) is 0 Å². The molecule has 2 aliphatic rings. The first kappa shape index (κ1) is 33.3. The fourth-order valence-electron chi connectivity index (χ4n) is 5.54. The number of carbonyl (C=O) groups excluding carboxylic acids is 1. The number of fused-ring (bicyclic) bond motifs is 2. The molecule has 2 aliphatic heterocycles. The Labute approximate surface area is 270 Å². The predicted octanol–water partition coefficient (Wildman–Crippen LogP) is 6.67. The van der Waals surface area contributed by atoms with E-state index in [0.29, 0.717) is 59.2 Å². The number of halogens is 1. The van der Waals surface area contributed by atoms with E-state index in [-0.39, 0.29) is 12.6 Å². The van der Waals surface area contributed by atoms with Gasteiger partial charge in [-0.15, -0.1) is 0 Å². The van der Waals surface area contributed by atoms with Gasteiger partial charge < -0.3 is 20.1 Å². The number of benzene rings is 1. The molecule has 13 nitrogen and oxygen atoms in total. The zero-order valence-corrected chi connectivity index (χ0v) is 28.7. The Morgan fingerprint density at radius 2 is 1.82 bits per heavy atom. The van der Waals surface area contributed by atoms with Crippen LogP contribution in [0.4, 0.5) is 4.79 Å². The van der Waals surface area contributed by atoms with Crippen LogP contribution in [0.2, 0.25) is 0 Å². The fourth-order valence-corrected chi connectivity index (χ4v) is 7.63. The van der Waals surface area contributed by atoms with Crippen LogP contribution in [-0.2, 0) is 24.9 Å². The summed E-state index contributed by atoms with van der Waals surface area (Å²) in [5, 5.41) is 17.9. The van der Waals surface area contributed by atoms with Gasteiger partial charge in [0.1, 0.15) is 21.5 Å². The molecule has 2 amide bonds. The van der Waals surface area contributed by atoms with E-state index >= 15 is 0 Å². The number of rotatable bonds is 7. The van der Waals surface area contributed by atoms with Gasteiger partial charge in [-0.1, -0.05) is 12.1 Å². The lowest BCUT2D eigenvalue weighted by Gasteiger charge is -2.46. The highest BCUT2D eigenvalue weighted by molar-refractivity contribution is 9.10. The van der Waals surface area contributed by atoms with Gasteiger partial charge in [0, 0.05) is 49.5 Å². The highest BCUT2D eigenvalue weighted by Crippen LogP contribution is 2.55. The Kier molecular flexibility index (Phi) is 9.11. The number of aromatic nitrogens is 3. The standard InChI is InChI=1S/C30H39BrN5O8P/c1-28(2,3)43-45(40,44-29(4,5)6)41-18-36-17-19-8-7-9-20(25(19)34-36)26(37)33-22-15-30(10-12-35(13-11-30)27(38)39)42-23-16-32-24(31)14-21(22)23/h7-9,14,16-17,22H,10-13,15,18H2,1-6H3,(H,33,37)(H,38,39)/t22-/m0/s1. The maximum atomic E-state index is 13.8. The number of likely N-dealkylation sites (tertiary alicyclic amines) is 1. The van der Waals surface area contributed by atoms with Gasteiger partial charge in [-0.2, -0.15) is 5.10 Å². The Morgan fingerprint density at radius 1 is 1.16 bits per heavy atom. The van der Waals surface area contributed by atoms with Gasteiger partial charge in [0.15, 0.2) is 6.73 Å². The van der Waals surface area contributed by atoms with Gasteiger partial charge in [0.25, 0.3) is 5.91 Å². The van der Waals surface area contributed by atoms with Crippen LogP contribution in [-0.4, -0.2) is 66.7 Å². The second-order valence-corrected chi connectivity index (χ2v) is 15.7. The molecule has 2 aromatic heterocycles. The minimum Gasteiger partial charge on any atom is -0.485 e. The first-order chi connectivity index (χ1) is 20.9. The monoisotopic (exact) mass is 707 g/mol. The first-order valence-corrected chi connectivity index (χ1v) is 16.9. The maximum Gasteiger partial charge on any atom is 0.477 e. The van der Waals surface area contributed by atoms with Gasteiger partial charge in [-0.3, -0.25) is 18.4 Å². The third-order valence-corrected chi connectivity index (χ3v) is 9.75. The molecule has 1 saturated heterocycles. The summed E-state index contributed by atoms with van der Waals surface area (Å²) >= 11 is 3.42. The SMILES string of the molecule is CC(C)(C)OP(=O)(OCn1cc2cccc(C(=O)N[C@H]3CC4(CCN(C(=O)O)CC4)Oc4cnc(Br)cc43)c2n1)OC(C)(C)C. The normalized spacial score (nSPS) is 18.5. The van der Waals surface area contributed by atoms with Gasteiger partial charge in [-0.25, -0.2) is 19.0 Å². The van der Waals surface area contributed by atoms with E-state index in [2.05, 4.69) is 31.3 Å². The summed E-state index contributed by atoms with van der Waals surface area (Å²) in [6.45, 7) is 11.0. The molecule has 1 spiro atoms. The summed E-state index contributed by atoms with van der Waals surface area (Å²) in [4.78, 5) is 31.0. The molecule has 1 aromatic carbocycles. The number of hydrogen-bond acceptors (Lipinski definition) is 9. The van der Waals surface area contributed by atoms with Crippen LogP contribution in [0, 0.1) is 0 Å². The van der Waals surface area contributed by atoms with Crippen LogP contribution in [0.15, 0.2) is 41.3 Å². The largest absolute Gasteiger partial charge is 0.485 e. The molecular formula is C30H39BrN5O8P. The lowest BCUT2D eigenvalue weighted by Crippen LogP contribution is -2.53. The molecule has 1 atom stereocenters. The molecule has 5 rings (SSSR count). The number of piperidine rings is 1. The van der Waals surface area contributed by atoms with E-state index in [1.54, 1.807) is 66.1 Å². The number of ether oxygens (including phenoxy) is 1. The molecule has 3 aromatic rings. The van der Waals surface area contributed by atoms with E-state index in [9.17, 15) is 19.3 Å². The van der Waals surface area contributed by atoms with E-state index in [1.807, 2.05) is 12.1 Å². The van der Waals surface area contributed by atoms with E-state index in [0.717, 1.165) is 5.56 Å². The molecule has 0 radical (unpaired) electrons. The predicted molar refractivity (Wildman–Crippen MR) is 169 cm³/mol. The Balaban J connectivity index is 1.37. The summed E-state index contributed by atoms with van der Waals surface area (Å²) in [6.07, 6.45) is 3.80. The maximum absolute atomic E-state index is 13.8. The molecule has 1 fully saturated rings. The van der Waals surface area contributed by atoms with Crippen molar-refractivity contribution in [1.82, 2.24) is 25.0 Å². The second-order valence-electron chi connectivity index (χ2n) is 13.4. The number of nitrogens with zero attached hydrogens (tertiary/aromatic N) is 4. The van der Waals surface area contributed by atoms with Gasteiger partial charge in [-0.05, 0) is 69.6 Å². The quantitative estimate of drug-likeness (QED) is 0.201. The van der Waals surface area contributed by atoms with Crippen molar-refractivity contribution in [3.05, 3.63) is 52.4 Å². The van der Waals surface area contributed by atoms with Crippen molar-refractivity contribution < 1.29 is 37.6 Å². The van der Waals surface area contributed by atoms with E-state index < -0.39 is 36.8 Å². The van der Waals surface area contributed by atoms with Gasteiger partial charge in [0.05, 0.1) is 29.0 Å². The van der Waals surface area contributed by atoms with Crippen molar-refractivity contribution >= 4 is 46.7 Å². The van der Waals surface area contributed by atoms with Crippen LogP contribution < -0.4 is 10.1 Å². The van der Waals surface area contributed by atoms with Crippen molar-refractivity contribution in [3.63, 3.8) is 0 Å². The molecule has 0 aliphatic carbocycles. The van der Waals surface area contributed by atoms with Crippen LogP contribution in [0.5, 0.6) is 5.75 Å². The summed E-state index contributed by atoms with van der Waals surface area (Å²) in [6, 6.07) is 6.68. The highest BCUT2D eigenvalue weighted by Gasteiger charge is 2.45.